The van der Waals surface area contributed by atoms with Crippen LogP contribution in [-0.4, -0.2) is 18.7 Å². The summed E-state index contributed by atoms with van der Waals surface area (Å²) in [5.41, 5.74) is 2.81. The number of hydrogen-bond acceptors (Lipinski definition) is 6. The molecule has 2 aliphatic heterocycles. The van der Waals surface area contributed by atoms with Crippen LogP contribution < -0.4 is 14.2 Å². The molecule has 148 valence electrons. The summed E-state index contributed by atoms with van der Waals surface area (Å²) in [6.45, 7) is 0.679. The van der Waals surface area contributed by atoms with Crippen molar-refractivity contribution in [1.29, 1.82) is 0 Å². The van der Waals surface area contributed by atoms with Crippen LogP contribution in [0.4, 0.5) is 0 Å². The van der Waals surface area contributed by atoms with Gasteiger partial charge in [0.15, 0.2) is 17.2 Å². The van der Waals surface area contributed by atoms with Gasteiger partial charge in [-0.2, -0.15) is 0 Å². The van der Waals surface area contributed by atoms with Gasteiger partial charge in [0.1, 0.15) is 12.4 Å². The Hall–Kier alpha value is -4.06. The normalized spacial score (nSPS) is 15.8. The third-order valence-corrected chi connectivity index (χ3v) is 4.67. The molecule has 6 nitrogen and oxygen atoms in total. The quantitative estimate of drug-likeness (QED) is 0.472. The number of benzene rings is 3. The van der Waals surface area contributed by atoms with E-state index in [4.69, 9.17) is 18.9 Å². The lowest BCUT2D eigenvalue weighted by Gasteiger charge is -2.06. The second-order valence-corrected chi connectivity index (χ2v) is 6.75. The molecule has 0 aliphatic carbocycles. The molecule has 0 amide bonds. The molecule has 0 spiro atoms. The third-order valence-electron chi connectivity index (χ3n) is 4.67. The SMILES string of the molecule is O=C1OC(c2ccc3c(c2)OCO3)=N/C1=C\c1ccc(OCc2ccccc2)cc1. The van der Waals surface area contributed by atoms with Crippen LogP contribution in [0.3, 0.4) is 0 Å². The molecule has 0 saturated carbocycles. The molecule has 0 bridgehead atoms. The van der Waals surface area contributed by atoms with Gasteiger partial charge in [-0.3, -0.25) is 0 Å². The van der Waals surface area contributed by atoms with E-state index in [0.29, 0.717) is 23.7 Å². The van der Waals surface area contributed by atoms with Crippen molar-refractivity contribution in [3.63, 3.8) is 0 Å². The minimum absolute atomic E-state index is 0.182. The van der Waals surface area contributed by atoms with Gasteiger partial charge in [-0.25, -0.2) is 9.79 Å². The van der Waals surface area contributed by atoms with Gasteiger partial charge in [0.05, 0.1) is 0 Å². The number of nitrogens with zero attached hydrogens (tertiary/aromatic N) is 1. The second kappa shape index (κ2) is 7.75. The second-order valence-electron chi connectivity index (χ2n) is 6.75. The molecule has 3 aromatic rings. The maximum absolute atomic E-state index is 12.2. The van der Waals surface area contributed by atoms with Crippen molar-refractivity contribution in [3.05, 3.63) is 95.2 Å². The number of fused-ring (bicyclic) bond motifs is 1. The van der Waals surface area contributed by atoms with Crippen molar-refractivity contribution in [2.75, 3.05) is 6.79 Å². The van der Waals surface area contributed by atoms with Crippen LogP contribution in [0, 0.1) is 0 Å². The summed E-state index contributed by atoms with van der Waals surface area (Å²) in [5.74, 6) is 1.77. The first-order chi connectivity index (χ1) is 14.7. The highest BCUT2D eigenvalue weighted by molar-refractivity contribution is 6.13. The van der Waals surface area contributed by atoms with E-state index < -0.39 is 5.97 Å². The van der Waals surface area contributed by atoms with Crippen molar-refractivity contribution in [2.24, 2.45) is 4.99 Å². The van der Waals surface area contributed by atoms with Gasteiger partial charge in [0, 0.05) is 5.56 Å². The van der Waals surface area contributed by atoms with E-state index in [2.05, 4.69) is 4.99 Å². The van der Waals surface area contributed by atoms with Crippen molar-refractivity contribution in [3.8, 4) is 17.2 Å². The van der Waals surface area contributed by atoms with Crippen molar-refractivity contribution in [2.45, 2.75) is 6.61 Å². The Morgan fingerprint density at radius 3 is 2.57 bits per heavy atom. The summed E-state index contributed by atoms with van der Waals surface area (Å²) in [4.78, 5) is 16.6. The van der Waals surface area contributed by atoms with Crippen LogP contribution in [-0.2, 0) is 16.1 Å². The zero-order chi connectivity index (χ0) is 20.3. The standard InChI is InChI=1S/C24H17NO5/c26-24-20(25-23(30-24)18-8-11-21-22(13-18)29-15-28-21)12-16-6-9-19(10-7-16)27-14-17-4-2-1-3-5-17/h1-13H,14-15H2/b20-12-. The first-order valence-electron chi connectivity index (χ1n) is 9.44. The molecule has 6 heteroatoms. The van der Waals surface area contributed by atoms with E-state index in [1.54, 1.807) is 24.3 Å². The average Bonchev–Trinajstić information content (AvgIpc) is 3.40. The van der Waals surface area contributed by atoms with Crippen LogP contribution in [0.1, 0.15) is 16.7 Å². The molecule has 0 radical (unpaired) electrons. The number of esters is 1. The lowest BCUT2D eigenvalue weighted by atomic mass is 10.2. The van der Waals surface area contributed by atoms with Gasteiger partial charge < -0.3 is 18.9 Å². The zero-order valence-corrected chi connectivity index (χ0v) is 15.9. The number of hydrogen-bond donors (Lipinski definition) is 0. The van der Waals surface area contributed by atoms with E-state index in [0.717, 1.165) is 16.9 Å². The molecule has 0 saturated heterocycles. The summed E-state index contributed by atoms with van der Waals surface area (Å²) >= 11 is 0. The van der Waals surface area contributed by atoms with Crippen LogP contribution in [0.15, 0.2) is 83.5 Å². The Kier molecular flexibility index (Phi) is 4.65. The van der Waals surface area contributed by atoms with E-state index in [1.807, 2.05) is 54.6 Å². The summed E-state index contributed by atoms with van der Waals surface area (Å²) in [6.07, 6.45) is 1.68. The molecule has 3 aromatic carbocycles. The summed E-state index contributed by atoms with van der Waals surface area (Å²) in [5, 5.41) is 0. The van der Waals surface area contributed by atoms with Gasteiger partial charge in [0.2, 0.25) is 12.7 Å². The van der Waals surface area contributed by atoms with Crippen LogP contribution in [0.5, 0.6) is 17.2 Å². The van der Waals surface area contributed by atoms with E-state index in [1.165, 1.54) is 0 Å². The molecule has 0 unspecified atom stereocenters. The molecule has 5 rings (SSSR count). The van der Waals surface area contributed by atoms with Crippen molar-refractivity contribution < 1.29 is 23.7 Å². The Morgan fingerprint density at radius 1 is 0.933 bits per heavy atom. The maximum Gasteiger partial charge on any atom is 0.363 e. The number of cyclic esters (lactones) is 1. The highest BCUT2D eigenvalue weighted by Crippen LogP contribution is 2.33. The summed E-state index contributed by atoms with van der Waals surface area (Å²) in [7, 11) is 0. The number of carbonyl (C=O) groups is 1. The topological polar surface area (TPSA) is 66.4 Å². The van der Waals surface area contributed by atoms with Gasteiger partial charge in [-0.1, -0.05) is 42.5 Å². The lowest BCUT2D eigenvalue weighted by molar-refractivity contribution is -0.129. The fraction of sp³-hybridized carbons (Fsp3) is 0.0833. The summed E-state index contributed by atoms with van der Waals surface area (Å²) in [6, 6.07) is 22.7. The first kappa shape index (κ1) is 18.0. The minimum Gasteiger partial charge on any atom is -0.489 e. The highest BCUT2D eigenvalue weighted by Gasteiger charge is 2.25. The predicted octanol–water partition coefficient (Wildman–Crippen LogP) is 4.34. The Balaban J connectivity index is 1.30. The lowest BCUT2D eigenvalue weighted by Crippen LogP contribution is -2.05. The van der Waals surface area contributed by atoms with Crippen molar-refractivity contribution >= 4 is 17.9 Å². The number of carbonyl (C=O) groups excluding carboxylic acids is 1. The van der Waals surface area contributed by atoms with Crippen LogP contribution >= 0.6 is 0 Å². The molecule has 2 heterocycles. The Morgan fingerprint density at radius 2 is 1.73 bits per heavy atom. The van der Waals surface area contributed by atoms with E-state index >= 15 is 0 Å². The molecule has 2 aliphatic rings. The zero-order valence-electron chi connectivity index (χ0n) is 15.9. The molecule has 0 atom stereocenters. The molecule has 0 fully saturated rings. The van der Waals surface area contributed by atoms with Crippen molar-refractivity contribution in [1.82, 2.24) is 0 Å². The molecular weight excluding hydrogens is 382 g/mol. The number of ether oxygens (including phenoxy) is 4. The van der Waals surface area contributed by atoms with Gasteiger partial charge in [-0.15, -0.1) is 0 Å². The minimum atomic E-state index is -0.493. The van der Waals surface area contributed by atoms with Gasteiger partial charge in [-0.05, 0) is 47.5 Å². The number of aliphatic imine (C=N–C) groups is 1. The monoisotopic (exact) mass is 399 g/mol. The van der Waals surface area contributed by atoms with Crippen LogP contribution in [0.2, 0.25) is 0 Å². The third kappa shape index (κ3) is 3.75. The first-order valence-corrected chi connectivity index (χ1v) is 9.44. The fourth-order valence-corrected chi connectivity index (χ4v) is 3.12. The highest BCUT2D eigenvalue weighted by atomic mass is 16.7. The molecule has 30 heavy (non-hydrogen) atoms. The molecule has 0 N–H and O–H groups in total. The van der Waals surface area contributed by atoms with E-state index in [-0.39, 0.29) is 18.4 Å². The Bertz CT molecular complexity index is 1150. The van der Waals surface area contributed by atoms with E-state index in [9.17, 15) is 4.79 Å². The number of rotatable bonds is 5. The molecular formula is C24H17NO5. The Labute approximate surface area is 173 Å². The maximum atomic E-state index is 12.2. The predicted molar refractivity (Wildman–Crippen MR) is 110 cm³/mol. The largest absolute Gasteiger partial charge is 0.489 e. The van der Waals surface area contributed by atoms with Crippen LogP contribution in [0.25, 0.3) is 6.08 Å². The average molecular weight is 399 g/mol. The fourth-order valence-electron chi connectivity index (χ4n) is 3.12. The van der Waals surface area contributed by atoms with Gasteiger partial charge in [0.25, 0.3) is 0 Å². The van der Waals surface area contributed by atoms with Gasteiger partial charge >= 0.3 is 5.97 Å². The summed E-state index contributed by atoms with van der Waals surface area (Å²) < 4.78 is 21.8. The smallest absolute Gasteiger partial charge is 0.363 e. The molecule has 0 aromatic heterocycles.